The van der Waals surface area contributed by atoms with E-state index in [1.54, 1.807) is 0 Å². The second-order valence-electron chi connectivity index (χ2n) is 2.94. The van der Waals surface area contributed by atoms with E-state index in [-0.39, 0.29) is 6.54 Å². The van der Waals surface area contributed by atoms with Crippen molar-refractivity contribution in [1.29, 1.82) is 0 Å². The lowest BCUT2D eigenvalue weighted by molar-refractivity contribution is -0.185. The van der Waals surface area contributed by atoms with E-state index in [0.717, 1.165) is 4.90 Å². The number of alkyl halides is 3. The van der Waals surface area contributed by atoms with Crippen molar-refractivity contribution in [3.8, 4) is 0 Å². The number of halogens is 3. The highest BCUT2D eigenvalue weighted by molar-refractivity contribution is 5.82. The van der Waals surface area contributed by atoms with Gasteiger partial charge in [0.2, 0.25) is 0 Å². The van der Waals surface area contributed by atoms with Crippen LogP contribution < -0.4 is 0 Å². The minimum absolute atomic E-state index is 0.176. The predicted molar refractivity (Wildman–Crippen MR) is 41.0 cm³/mol. The third-order valence-corrected chi connectivity index (χ3v) is 2.07. The first kappa shape index (κ1) is 10.1. The molecule has 1 amide bonds. The Balaban J connectivity index is 2.71. The monoisotopic (exact) mass is 193 g/mol. The molecular formula is C8H10F3NO. The molecule has 0 radical (unpaired) electrons. The van der Waals surface area contributed by atoms with Crippen LogP contribution in [-0.2, 0) is 4.79 Å². The normalized spacial score (nSPS) is 23.3. The summed E-state index contributed by atoms with van der Waals surface area (Å²) < 4.78 is 36.0. The SMILES string of the molecule is C=C[C@@H]1CCCN1C(=O)C(F)(F)F. The maximum absolute atomic E-state index is 12.0. The van der Waals surface area contributed by atoms with E-state index in [9.17, 15) is 18.0 Å². The first-order valence-corrected chi connectivity index (χ1v) is 3.97. The second-order valence-corrected chi connectivity index (χ2v) is 2.94. The Morgan fingerprint density at radius 1 is 1.54 bits per heavy atom. The Kier molecular flexibility index (Phi) is 2.63. The van der Waals surface area contributed by atoms with Gasteiger partial charge in [0, 0.05) is 6.54 Å². The summed E-state index contributed by atoms with van der Waals surface area (Å²) in [6.07, 6.45) is -2.19. The number of nitrogens with zero attached hydrogens (tertiary/aromatic N) is 1. The number of likely N-dealkylation sites (tertiary alicyclic amines) is 1. The van der Waals surface area contributed by atoms with Gasteiger partial charge in [-0.25, -0.2) is 0 Å². The summed E-state index contributed by atoms with van der Waals surface area (Å²) in [5.41, 5.74) is 0. The average molecular weight is 193 g/mol. The van der Waals surface area contributed by atoms with Gasteiger partial charge in [-0.15, -0.1) is 6.58 Å². The highest BCUT2D eigenvalue weighted by Gasteiger charge is 2.45. The van der Waals surface area contributed by atoms with Crippen LogP contribution in [0.25, 0.3) is 0 Å². The van der Waals surface area contributed by atoms with Gasteiger partial charge in [-0.2, -0.15) is 13.2 Å². The molecule has 0 aromatic heterocycles. The Hall–Kier alpha value is -1.00. The molecule has 0 aromatic carbocycles. The van der Waals surface area contributed by atoms with Crippen molar-refractivity contribution >= 4 is 5.91 Å². The van der Waals surface area contributed by atoms with Crippen molar-refractivity contribution in [2.24, 2.45) is 0 Å². The van der Waals surface area contributed by atoms with Crippen LogP contribution in [0.1, 0.15) is 12.8 Å². The van der Waals surface area contributed by atoms with Crippen LogP contribution in [0.3, 0.4) is 0 Å². The van der Waals surface area contributed by atoms with Gasteiger partial charge in [0.15, 0.2) is 0 Å². The van der Waals surface area contributed by atoms with Crippen molar-refractivity contribution in [1.82, 2.24) is 4.90 Å². The zero-order valence-corrected chi connectivity index (χ0v) is 6.97. The van der Waals surface area contributed by atoms with Gasteiger partial charge < -0.3 is 4.90 Å². The van der Waals surface area contributed by atoms with Crippen molar-refractivity contribution in [2.75, 3.05) is 6.54 Å². The van der Waals surface area contributed by atoms with Crippen LogP contribution in [0.2, 0.25) is 0 Å². The molecule has 1 rings (SSSR count). The Labute approximate surface area is 74.0 Å². The van der Waals surface area contributed by atoms with E-state index in [0.29, 0.717) is 12.8 Å². The molecule has 5 heteroatoms. The van der Waals surface area contributed by atoms with E-state index in [1.807, 2.05) is 0 Å². The quantitative estimate of drug-likeness (QED) is 0.581. The van der Waals surface area contributed by atoms with Gasteiger partial charge in [-0.3, -0.25) is 4.79 Å². The molecule has 1 saturated heterocycles. The maximum atomic E-state index is 12.0. The standard InChI is InChI=1S/C8H10F3NO/c1-2-6-4-3-5-12(6)7(13)8(9,10)11/h2,6H,1,3-5H2/t6-/m1/s1. The van der Waals surface area contributed by atoms with Crippen molar-refractivity contribution in [3.63, 3.8) is 0 Å². The number of hydrogen-bond donors (Lipinski definition) is 0. The lowest BCUT2D eigenvalue weighted by Crippen LogP contribution is -2.43. The van der Waals surface area contributed by atoms with E-state index < -0.39 is 18.1 Å². The smallest absolute Gasteiger partial charge is 0.328 e. The van der Waals surface area contributed by atoms with Gasteiger partial charge >= 0.3 is 12.1 Å². The lowest BCUT2D eigenvalue weighted by Gasteiger charge is -2.22. The molecule has 0 saturated carbocycles. The maximum Gasteiger partial charge on any atom is 0.471 e. The summed E-state index contributed by atoms with van der Waals surface area (Å²) >= 11 is 0. The average Bonchev–Trinajstić information content (AvgIpc) is 2.48. The first-order valence-electron chi connectivity index (χ1n) is 3.97. The van der Waals surface area contributed by atoms with E-state index in [1.165, 1.54) is 6.08 Å². The Morgan fingerprint density at radius 2 is 2.15 bits per heavy atom. The molecule has 0 unspecified atom stereocenters. The van der Waals surface area contributed by atoms with E-state index in [2.05, 4.69) is 6.58 Å². The summed E-state index contributed by atoms with van der Waals surface area (Å²) in [7, 11) is 0. The number of amides is 1. The van der Waals surface area contributed by atoms with E-state index >= 15 is 0 Å². The van der Waals surface area contributed by atoms with Crippen LogP contribution in [0, 0.1) is 0 Å². The molecule has 1 atom stereocenters. The predicted octanol–water partition coefficient (Wildman–Crippen LogP) is 1.73. The van der Waals surface area contributed by atoms with Gasteiger partial charge in [-0.1, -0.05) is 6.08 Å². The van der Waals surface area contributed by atoms with E-state index in [4.69, 9.17) is 0 Å². The molecule has 2 nitrogen and oxygen atoms in total. The van der Waals surface area contributed by atoms with Gasteiger partial charge in [0.05, 0.1) is 6.04 Å². The van der Waals surface area contributed by atoms with Crippen LogP contribution in [0.15, 0.2) is 12.7 Å². The summed E-state index contributed by atoms with van der Waals surface area (Å²) in [5.74, 6) is -1.75. The highest BCUT2D eigenvalue weighted by atomic mass is 19.4. The van der Waals surface area contributed by atoms with Gasteiger partial charge in [-0.05, 0) is 12.8 Å². The molecule has 1 heterocycles. The largest absolute Gasteiger partial charge is 0.471 e. The summed E-state index contributed by atoms with van der Waals surface area (Å²) in [6.45, 7) is 3.57. The highest BCUT2D eigenvalue weighted by Crippen LogP contribution is 2.25. The van der Waals surface area contributed by atoms with Crippen LogP contribution in [-0.4, -0.2) is 29.6 Å². The zero-order valence-electron chi connectivity index (χ0n) is 6.97. The molecule has 0 spiro atoms. The molecule has 0 bridgehead atoms. The number of carbonyl (C=O) groups is 1. The molecule has 0 N–H and O–H groups in total. The summed E-state index contributed by atoms with van der Waals surface area (Å²) in [6, 6.07) is -0.450. The zero-order chi connectivity index (χ0) is 10.1. The second kappa shape index (κ2) is 3.40. The fourth-order valence-corrected chi connectivity index (χ4v) is 1.45. The van der Waals surface area contributed by atoms with Crippen molar-refractivity contribution in [3.05, 3.63) is 12.7 Å². The van der Waals surface area contributed by atoms with Gasteiger partial charge in [0.25, 0.3) is 0 Å². The minimum atomic E-state index is -4.76. The Bertz CT molecular complexity index is 224. The van der Waals surface area contributed by atoms with Gasteiger partial charge in [0.1, 0.15) is 0 Å². The summed E-state index contributed by atoms with van der Waals surface area (Å²) in [5, 5.41) is 0. The molecule has 1 aliphatic rings. The minimum Gasteiger partial charge on any atom is -0.328 e. The third-order valence-electron chi connectivity index (χ3n) is 2.07. The fraction of sp³-hybridized carbons (Fsp3) is 0.625. The first-order chi connectivity index (χ1) is 5.96. The van der Waals surface area contributed by atoms with Crippen LogP contribution in [0.4, 0.5) is 13.2 Å². The molecule has 13 heavy (non-hydrogen) atoms. The molecular weight excluding hydrogens is 183 g/mol. The van der Waals surface area contributed by atoms with Crippen molar-refractivity contribution < 1.29 is 18.0 Å². The number of rotatable bonds is 1. The van der Waals surface area contributed by atoms with Crippen molar-refractivity contribution in [2.45, 2.75) is 25.1 Å². The lowest BCUT2D eigenvalue weighted by atomic mass is 10.2. The molecule has 1 fully saturated rings. The fourth-order valence-electron chi connectivity index (χ4n) is 1.45. The Morgan fingerprint density at radius 3 is 2.62 bits per heavy atom. The summed E-state index contributed by atoms with van der Waals surface area (Å²) in [4.78, 5) is 11.6. The number of carbonyl (C=O) groups excluding carboxylic acids is 1. The topological polar surface area (TPSA) is 20.3 Å². The van der Waals surface area contributed by atoms with Crippen LogP contribution in [0.5, 0.6) is 0 Å². The molecule has 74 valence electrons. The van der Waals surface area contributed by atoms with Crippen LogP contribution >= 0.6 is 0 Å². The third kappa shape index (κ3) is 2.02. The number of hydrogen-bond acceptors (Lipinski definition) is 1. The molecule has 0 aromatic rings. The molecule has 1 aliphatic heterocycles. The molecule has 0 aliphatic carbocycles.